The largest absolute Gasteiger partial charge is 0.482 e. The Morgan fingerprint density at radius 2 is 1.63 bits per heavy atom. The molecule has 3 aromatic rings. The fourth-order valence-corrected chi connectivity index (χ4v) is 2.88. The summed E-state index contributed by atoms with van der Waals surface area (Å²) in [4.78, 5) is 35.9. The summed E-state index contributed by atoms with van der Waals surface area (Å²) in [5, 5.41) is 4.82. The van der Waals surface area contributed by atoms with Crippen LogP contribution in [0.2, 0.25) is 0 Å². The highest BCUT2D eigenvalue weighted by molar-refractivity contribution is 5.97. The van der Waals surface area contributed by atoms with E-state index < -0.39 is 18.0 Å². The molecule has 0 heterocycles. The number of carbonyl (C=O) groups excluding carboxylic acids is 3. The van der Waals surface area contributed by atoms with Crippen molar-refractivity contribution in [2.24, 2.45) is 0 Å². The van der Waals surface area contributed by atoms with Crippen LogP contribution < -0.4 is 10.1 Å². The minimum atomic E-state index is -0.975. The molecule has 0 bridgehead atoms. The van der Waals surface area contributed by atoms with Crippen LogP contribution in [-0.4, -0.2) is 30.4 Å². The summed E-state index contributed by atoms with van der Waals surface area (Å²) < 4.78 is 10.5. The molecule has 0 aliphatic carbocycles. The van der Waals surface area contributed by atoms with Crippen molar-refractivity contribution >= 4 is 34.1 Å². The maximum absolute atomic E-state index is 12.3. The molecule has 1 amide bonds. The van der Waals surface area contributed by atoms with Gasteiger partial charge in [0.15, 0.2) is 18.5 Å². The number of carbonyl (C=O) groups is 3. The molecule has 0 saturated heterocycles. The van der Waals surface area contributed by atoms with Gasteiger partial charge in [-0.15, -0.1) is 0 Å². The van der Waals surface area contributed by atoms with Crippen molar-refractivity contribution in [3.63, 3.8) is 0 Å². The Balaban J connectivity index is 1.49. The van der Waals surface area contributed by atoms with Gasteiger partial charge in [-0.3, -0.25) is 9.59 Å². The third-order valence-corrected chi connectivity index (χ3v) is 4.55. The predicted octanol–water partition coefficient (Wildman–Crippen LogP) is 4.38. The summed E-state index contributed by atoms with van der Waals surface area (Å²) in [5.74, 6) is -0.619. The highest BCUT2D eigenvalue weighted by Gasteiger charge is 2.18. The van der Waals surface area contributed by atoms with E-state index >= 15 is 0 Å². The number of hydrogen-bond donors (Lipinski definition) is 1. The van der Waals surface area contributed by atoms with Crippen LogP contribution in [0.4, 0.5) is 5.69 Å². The van der Waals surface area contributed by atoms with Crippen molar-refractivity contribution in [1.82, 2.24) is 0 Å². The quantitative estimate of drug-likeness (QED) is 0.444. The number of ether oxygens (including phenoxy) is 2. The third-order valence-electron chi connectivity index (χ3n) is 4.55. The maximum Gasteiger partial charge on any atom is 0.344 e. The van der Waals surface area contributed by atoms with Gasteiger partial charge in [0, 0.05) is 17.7 Å². The molecule has 0 saturated carbocycles. The summed E-state index contributed by atoms with van der Waals surface area (Å²) in [6.45, 7) is 2.95. The molecule has 154 valence electrons. The molecule has 30 heavy (non-hydrogen) atoms. The number of Topliss-reactive ketones (excluding diaryl/α,β-unsaturated/α-hetero) is 1. The van der Waals surface area contributed by atoms with Gasteiger partial charge in [-0.2, -0.15) is 0 Å². The molecule has 1 N–H and O–H groups in total. The molecular formula is C24H23NO5. The highest BCUT2D eigenvalue weighted by atomic mass is 16.6. The van der Waals surface area contributed by atoms with Crippen LogP contribution in [0.25, 0.3) is 10.8 Å². The topological polar surface area (TPSA) is 81.7 Å². The van der Waals surface area contributed by atoms with Crippen molar-refractivity contribution in [1.29, 1.82) is 0 Å². The second-order valence-corrected chi connectivity index (χ2v) is 6.77. The van der Waals surface area contributed by atoms with E-state index in [1.807, 2.05) is 36.4 Å². The number of amides is 1. The van der Waals surface area contributed by atoms with Crippen LogP contribution >= 0.6 is 0 Å². The van der Waals surface area contributed by atoms with E-state index in [0.717, 1.165) is 10.8 Å². The van der Waals surface area contributed by atoms with Crippen LogP contribution in [0.1, 0.15) is 30.6 Å². The van der Waals surface area contributed by atoms with Gasteiger partial charge in [0.2, 0.25) is 0 Å². The summed E-state index contributed by atoms with van der Waals surface area (Å²) in [6.07, 6.45) is -0.553. The Morgan fingerprint density at radius 1 is 0.933 bits per heavy atom. The standard InChI is InChI=1S/C24H23NO5/c1-3-22(26)18-9-12-21(13-10-18)29-15-23(27)30-16(2)24(28)25-20-11-8-17-6-4-5-7-19(17)14-20/h4-14,16H,3,15H2,1-2H3,(H,25,28)/t16-/m0/s1. The van der Waals surface area contributed by atoms with Crippen LogP contribution in [-0.2, 0) is 14.3 Å². The van der Waals surface area contributed by atoms with Gasteiger partial charge in [0.05, 0.1) is 0 Å². The van der Waals surface area contributed by atoms with Crippen LogP contribution in [0.3, 0.4) is 0 Å². The zero-order chi connectivity index (χ0) is 21.5. The lowest BCUT2D eigenvalue weighted by molar-refractivity contribution is -0.155. The average Bonchev–Trinajstić information content (AvgIpc) is 2.77. The molecule has 6 heteroatoms. The molecule has 0 spiro atoms. The summed E-state index contributed by atoms with van der Waals surface area (Å²) in [7, 11) is 0. The van der Waals surface area contributed by atoms with Gasteiger partial charge in [0.1, 0.15) is 5.75 Å². The molecule has 1 atom stereocenters. The first-order chi connectivity index (χ1) is 14.5. The molecule has 0 aliphatic heterocycles. The number of esters is 1. The van der Waals surface area contributed by atoms with Crippen LogP contribution in [0.5, 0.6) is 5.75 Å². The molecule has 0 radical (unpaired) electrons. The Bertz CT molecular complexity index is 1060. The smallest absolute Gasteiger partial charge is 0.344 e. The van der Waals surface area contributed by atoms with Gasteiger partial charge < -0.3 is 14.8 Å². The summed E-state index contributed by atoms with van der Waals surface area (Å²) in [6, 6.07) is 19.9. The SMILES string of the molecule is CCC(=O)c1ccc(OCC(=O)O[C@@H](C)C(=O)Nc2ccc3ccccc3c2)cc1. The number of nitrogens with one attached hydrogen (secondary N) is 1. The van der Waals surface area contributed by atoms with E-state index in [4.69, 9.17) is 9.47 Å². The fraction of sp³-hybridized carbons (Fsp3) is 0.208. The normalized spacial score (nSPS) is 11.5. The van der Waals surface area contributed by atoms with E-state index in [1.54, 1.807) is 37.3 Å². The molecule has 0 aromatic heterocycles. The fourth-order valence-electron chi connectivity index (χ4n) is 2.88. The lowest BCUT2D eigenvalue weighted by atomic mass is 10.1. The van der Waals surface area contributed by atoms with Crippen molar-refractivity contribution in [3.05, 3.63) is 72.3 Å². The minimum Gasteiger partial charge on any atom is -0.482 e. The van der Waals surface area contributed by atoms with Crippen LogP contribution in [0.15, 0.2) is 66.7 Å². The Hall–Kier alpha value is -3.67. The van der Waals surface area contributed by atoms with Gasteiger partial charge in [0.25, 0.3) is 5.91 Å². The maximum atomic E-state index is 12.3. The number of rotatable bonds is 8. The summed E-state index contributed by atoms with van der Waals surface area (Å²) in [5.41, 5.74) is 1.21. The molecule has 6 nitrogen and oxygen atoms in total. The van der Waals surface area contributed by atoms with E-state index in [-0.39, 0.29) is 12.4 Å². The number of fused-ring (bicyclic) bond motifs is 1. The first-order valence-corrected chi connectivity index (χ1v) is 9.71. The number of anilines is 1. The third kappa shape index (κ3) is 5.44. The second kappa shape index (κ2) is 9.69. The monoisotopic (exact) mass is 405 g/mol. The lowest BCUT2D eigenvalue weighted by Gasteiger charge is -2.14. The van der Waals surface area contributed by atoms with E-state index in [9.17, 15) is 14.4 Å². The number of benzene rings is 3. The van der Waals surface area contributed by atoms with E-state index in [0.29, 0.717) is 23.4 Å². The van der Waals surface area contributed by atoms with Gasteiger partial charge >= 0.3 is 5.97 Å². The molecule has 0 unspecified atom stereocenters. The van der Waals surface area contributed by atoms with Gasteiger partial charge in [-0.1, -0.05) is 37.3 Å². The number of ketones is 1. The van der Waals surface area contributed by atoms with Crippen molar-refractivity contribution in [2.45, 2.75) is 26.4 Å². The zero-order valence-corrected chi connectivity index (χ0v) is 16.9. The van der Waals surface area contributed by atoms with Crippen molar-refractivity contribution < 1.29 is 23.9 Å². The number of hydrogen-bond acceptors (Lipinski definition) is 5. The van der Waals surface area contributed by atoms with Crippen LogP contribution in [0, 0.1) is 0 Å². The van der Waals surface area contributed by atoms with Gasteiger partial charge in [-0.05, 0) is 54.1 Å². The second-order valence-electron chi connectivity index (χ2n) is 6.77. The molecular weight excluding hydrogens is 382 g/mol. The van der Waals surface area contributed by atoms with Crippen molar-refractivity contribution in [3.8, 4) is 5.75 Å². The molecule has 0 fully saturated rings. The Morgan fingerprint density at radius 3 is 2.33 bits per heavy atom. The summed E-state index contributed by atoms with van der Waals surface area (Å²) >= 11 is 0. The molecule has 3 rings (SSSR count). The Labute approximate surface area is 174 Å². The van der Waals surface area contributed by atoms with Crippen molar-refractivity contribution in [2.75, 3.05) is 11.9 Å². The Kier molecular flexibility index (Phi) is 6.80. The predicted molar refractivity (Wildman–Crippen MR) is 115 cm³/mol. The first kappa shape index (κ1) is 21.0. The van der Waals surface area contributed by atoms with E-state index in [1.165, 1.54) is 6.92 Å². The minimum absolute atomic E-state index is 0.0345. The lowest BCUT2D eigenvalue weighted by Crippen LogP contribution is -2.31. The van der Waals surface area contributed by atoms with Gasteiger partial charge in [-0.25, -0.2) is 4.79 Å². The molecule has 0 aliphatic rings. The zero-order valence-electron chi connectivity index (χ0n) is 16.9. The average molecular weight is 405 g/mol. The first-order valence-electron chi connectivity index (χ1n) is 9.71. The molecule has 3 aromatic carbocycles. The highest BCUT2D eigenvalue weighted by Crippen LogP contribution is 2.19. The van der Waals surface area contributed by atoms with E-state index in [2.05, 4.69) is 5.32 Å².